The van der Waals surface area contributed by atoms with Crippen LogP contribution in [0.15, 0.2) is 41.2 Å². The lowest BCUT2D eigenvalue weighted by Gasteiger charge is -2.16. The summed E-state index contributed by atoms with van der Waals surface area (Å²) in [5.41, 5.74) is 1.71. The molecule has 4 heteroatoms. The van der Waals surface area contributed by atoms with E-state index in [-0.39, 0.29) is 16.9 Å². The van der Waals surface area contributed by atoms with Crippen LogP contribution in [0.5, 0.6) is 0 Å². The van der Waals surface area contributed by atoms with Gasteiger partial charge in [0.2, 0.25) is 0 Å². The Balaban J connectivity index is 2.65. The number of nitrogens with zero attached hydrogens (tertiary/aromatic N) is 1. The molecule has 0 amide bonds. The highest BCUT2D eigenvalue weighted by molar-refractivity contribution is 6.30. The number of carbonyl (C=O) groups excluding carboxylic acids is 1. The number of pyridine rings is 1. The van der Waals surface area contributed by atoms with Gasteiger partial charge in [0, 0.05) is 11.6 Å². The normalized spacial score (nSPS) is 10.9. The summed E-state index contributed by atoms with van der Waals surface area (Å²) in [4.78, 5) is 24.1. The fourth-order valence-electron chi connectivity index (χ4n) is 2.27. The second-order valence-electron chi connectivity index (χ2n) is 5.50. The summed E-state index contributed by atoms with van der Waals surface area (Å²) in [6.07, 6.45) is 0. The van der Waals surface area contributed by atoms with Gasteiger partial charge in [0.25, 0.3) is 5.56 Å². The number of benzene rings is 1. The number of hydrogen-bond donors (Lipinski definition) is 0. The van der Waals surface area contributed by atoms with E-state index in [1.807, 2.05) is 32.0 Å². The van der Waals surface area contributed by atoms with Gasteiger partial charge in [0.15, 0.2) is 5.78 Å². The maximum Gasteiger partial charge on any atom is 0.261 e. The number of hydrogen-bond acceptors (Lipinski definition) is 2. The lowest BCUT2D eigenvalue weighted by atomic mass is 10.1. The first-order valence-electron chi connectivity index (χ1n) is 6.91. The predicted molar refractivity (Wildman–Crippen MR) is 86.0 cm³/mol. The summed E-state index contributed by atoms with van der Waals surface area (Å²) < 4.78 is 1.67. The number of aromatic nitrogens is 1. The van der Waals surface area contributed by atoms with Gasteiger partial charge in [-0.25, -0.2) is 0 Å². The van der Waals surface area contributed by atoms with Gasteiger partial charge in [-0.2, -0.15) is 0 Å². The Morgan fingerprint density at radius 1 is 1.14 bits per heavy atom. The molecule has 0 atom stereocenters. The van der Waals surface area contributed by atoms with Crippen molar-refractivity contribution in [3.63, 3.8) is 0 Å². The van der Waals surface area contributed by atoms with E-state index in [0.717, 1.165) is 11.3 Å². The van der Waals surface area contributed by atoms with Crippen molar-refractivity contribution in [2.75, 3.05) is 0 Å². The summed E-state index contributed by atoms with van der Waals surface area (Å²) in [6, 6.07) is 10.8. The van der Waals surface area contributed by atoms with Crippen molar-refractivity contribution in [1.29, 1.82) is 0 Å². The Morgan fingerprint density at radius 2 is 1.76 bits per heavy atom. The van der Waals surface area contributed by atoms with E-state index in [4.69, 9.17) is 11.6 Å². The largest absolute Gasteiger partial charge is 0.307 e. The van der Waals surface area contributed by atoms with Crippen molar-refractivity contribution in [1.82, 2.24) is 4.57 Å². The van der Waals surface area contributed by atoms with Gasteiger partial charge >= 0.3 is 0 Å². The molecule has 2 aromatic rings. The number of halogens is 1. The molecule has 1 aromatic heterocycles. The number of carbonyl (C=O) groups is 1. The molecule has 0 radical (unpaired) electrons. The van der Waals surface area contributed by atoms with Crippen LogP contribution in [0.1, 0.15) is 31.1 Å². The Kier molecular flexibility index (Phi) is 4.63. The Labute approximate surface area is 129 Å². The molecule has 0 aliphatic carbocycles. The molecule has 0 saturated carbocycles. The zero-order valence-electron chi connectivity index (χ0n) is 12.4. The van der Waals surface area contributed by atoms with Crippen molar-refractivity contribution in [2.24, 2.45) is 5.92 Å². The number of rotatable bonds is 4. The minimum Gasteiger partial charge on any atom is -0.307 e. The van der Waals surface area contributed by atoms with Gasteiger partial charge in [0.1, 0.15) is 0 Å². The molecule has 0 aliphatic rings. The highest BCUT2D eigenvalue weighted by Crippen LogP contribution is 2.21. The van der Waals surface area contributed by atoms with E-state index >= 15 is 0 Å². The van der Waals surface area contributed by atoms with E-state index < -0.39 is 0 Å². The molecule has 0 N–H and O–H groups in total. The zero-order valence-corrected chi connectivity index (χ0v) is 13.1. The lowest BCUT2D eigenvalue weighted by molar-refractivity contribution is 0.101. The average molecular weight is 304 g/mol. The van der Waals surface area contributed by atoms with E-state index in [9.17, 15) is 9.59 Å². The molecule has 2 rings (SSSR count). The SMILES string of the molecule is CC(=O)c1ccc(-c2ccc(Cl)cc2)n(CC(C)C)c1=O. The van der Waals surface area contributed by atoms with Crippen LogP contribution in [0.3, 0.4) is 0 Å². The van der Waals surface area contributed by atoms with Gasteiger partial charge in [-0.05, 0) is 42.7 Å². The van der Waals surface area contributed by atoms with Gasteiger partial charge in [-0.3, -0.25) is 9.59 Å². The van der Waals surface area contributed by atoms with Crippen molar-refractivity contribution in [2.45, 2.75) is 27.3 Å². The van der Waals surface area contributed by atoms with Crippen molar-refractivity contribution in [3.8, 4) is 11.3 Å². The van der Waals surface area contributed by atoms with Gasteiger partial charge < -0.3 is 4.57 Å². The smallest absolute Gasteiger partial charge is 0.261 e. The van der Waals surface area contributed by atoms with Crippen LogP contribution in [-0.2, 0) is 6.54 Å². The fraction of sp³-hybridized carbons (Fsp3) is 0.294. The minimum atomic E-state index is -0.233. The molecule has 21 heavy (non-hydrogen) atoms. The highest BCUT2D eigenvalue weighted by Gasteiger charge is 2.14. The molecule has 0 spiro atoms. The van der Waals surface area contributed by atoms with Crippen molar-refractivity contribution < 1.29 is 4.79 Å². The zero-order chi connectivity index (χ0) is 15.6. The third-order valence-corrected chi connectivity index (χ3v) is 3.49. The molecule has 0 bridgehead atoms. The van der Waals surface area contributed by atoms with Crippen LogP contribution < -0.4 is 5.56 Å². The van der Waals surface area contributed by atoms with E-state index in [1.165, 1.54) is 6.92 Å². The Hall–Kier alpha value is -1.87. The standard InChI is InChI=1S/C17H18ClNO2/c1-11(2)10-19-16(13-4-6-14(18)7-5-13)9-8-15(12(3)20)17(19)21/h4-9,11H,10H2,1-3H3. The third-order valence-electron chi connectivity index (χ3n) is 3.24. The molecule has 3 nitrogen and oxygen atoms in total. The minimum absolute atomic E-state index is 0.208. The quantitative estimate of drug-likeness (QED) is 0.800. The monoisotopic (exact) mass is 303 g/mol. The van der Waals surface area contributed by atoms with Gasteiger partial charge in [-0.1, -0.05) is 37.6 Å². The van der Waals surface area contributed by atoms with Crippen LogP contribution in [-0.4, -0.2) is 10.4 Å². The van der Waals surface area contributed by atoms with Crippen LogP contribution >= 0.6 is 11.6 Å². The first-order chi connectivity index (χ1) is 9.90. The predicted octanol–water partition coefficient (Wildman–Crippen LogP) is 4.03. The van der Waals surface area contributed by atoms with E-state index in [0.29, 0.717) is 17.5 Å². The maximum atomic E-state index is 12.5. The van der Waals surface area contributed by atoms with Crippen molar-refractivity contribution in [3.05, 3.63) is 57.3 Å². The molecular weight excluding hydrogens is 286 g/mol. The Morgan fingerprint density at radius 3 is 2.29 bits per heavy atom. The summed E-state index contributed by atoms with van der Waals surface area (Å²) in [6.45, 7) is 6.06. The fourth-order valence-corrected chi connectivity index (χ4v) is 2.39. The topological polar surface area (TPSA) is 39.1 Å². The first-order valence-corrected chi connectivity index (χ1v) is 7.28. The van der Waals surface area contributed by atoms with Crippen LogP contribution in [0, 0.1) is 5.92 Å². The lowest BCUT2D eigenvalue weighted by Crippen LogP contribution is -2.28. The summed E-state index contributed by atoms with van der Waals surface area (Å²) in [5.74, 6) is 0.0936. The Bertz CT molecular complexity index is 715. The molecule has 0 fully saturated rings. The maximum absolute atomic E-state index is 12.5. The molecular formula is C17H18ClNO2. The van der Waals surface area contributed by atoms with Crippen molar-refractivity contribution >= 4 is 17.4 Å². The van der Waals surface area contributed by atoms with Crippen LogP contribution in [0.2, 0.25) is 5.02 Å². The van der Waals surface area contributed by atoms with Crippen LogP contribution in [0.25, 0.3) is 11.3 Å². The summed E-state index contributed by atoms with van der Waals surface area (Å²) in [7, 11) is 0. The van der Waals surface area contributed by atoms with Gasteiger partial charge in [0.05, 0.1) is 11.3 Å². The molecule has 1 heterocycles. The average Bonchev–Trinajstić information content (AvgIpc) is 2.41. The molecule has 0 unspecified atom stereocenters. The number of Topliss-reactive ketones (excluding diaryl/α,β-unsaturated/α-hetero) is 1. The molecule has 1 aromatic carbocycles. The second-order valence-corrected chi connectivity index (χ2v) is 5.94. The summed E-state index contributed by atoms with van der Waals surface area (Å²) >= 11 is 5.91. The van der Waals surface area contributed by atoms with Crippen LogP contribution in [0.4, 0.5) is 0 Å². The highest BCUT2D eigenvalue weighted by atomic mass is 35.5. The summed E-state index contributed by atoms with van der Waals surface area (Å²) in [5, 5.41) is 0.650. The van der Waals surface area contributed by atoms with Gasteiger partial charge in [-0.15, -0.1) is 0 Å². The first kappa shape index (κ1) is 15.5. The molecule has 0 saturated heterocycles. The molecule has 110 valence electrons. The number of ketones is 1. The third kappa shape index (κ3) is 3.42. The molecule has 0 aliphatic heterocycles. The van der Waals surface area contributed by atoms with E-state index in [1.54, 1.807) is 22.8 Å². The second kappa shape index (κ2) is 6.27. The van der Waals surface area contributed by atoms with E-state index in [2.05, 4.69) is 0 Å².